The van der Waals surface area contributed by atoms with E-state index in [9.17, 15) is 9.18 Å². The number of hydrogen-bond donors (Lipinski definition) is 2. The van der Waals surface area contributed by atoms with Crippen LogP contribution >= 0.6 is 39.3 Å². The molecule has 0 unspecified atom stereocenters. The van der Waals surface area contributed by atoms with Gasteiger partial charge in [-0.3, -0.25) is 0 Å². The van der Waals surface area contributed by atoms with Crippen molar-refractivity contribution >= 4 is 62.7 Å². The zero-order chi connectivity index (χ0) is 22.4. The van der Waals surface area contributed by atoms with Gasteiger partial charge in [-0.05, 0) is 57.4 Å². The van der Waals surface area contributed by atoms with Crippen LogP contribution in [0.5, 0.6) is 5.75 Å². The Hall–Kier alpha value is -2.48. The molecule has 31 heavy (non-hydrogen) atoms. The molecule has 0 aliphatic rings. The zero-order valence-corrected chi connectivity index (χ0v) is 19.5. The molecule has 0 saturated carbocycles. The Labute approximate surface area is 197 Å². The van der Waals surface area contributed by atoms with Crippen LogP contribution in [0.25, 0.3) is 6.08 Å². The van der Waals surface area contributed by atoms with Crippen molar-refractivity contribution in [2.24, 2.45) is 0 Å². The fourth-order valence-electron chi connectivity index (χ4n) is 2.76. The Morgan fingerprint density at radius 2 is 1.97 bits per heavy atom. The Balaban J connectivity index is 1.96. The minimum absolute atomic E-state index is 0.385. The molecule has 0 atom stereocenters. The number of aliphatic carboxylic acids is 1. The van der Waals surface area contributed by atoms with Crippen molar-refractivity contribution in [2.45, 2.75) is 10.6 Å². The number of benzene rings is 3. The second kappa shape index (κ2) is 10.7. The Morgan fingerprint density at radius 3 is 2.65 bits per heavy atom. The van der Waals surface area contributed by atoms with Crippen molar-refractivity contribution in [3.05, 3.63) is 87.1 Å². The van der Waals surface area contributed by atoms with Crippen LogP contribution in [0.2, 0.25) is 5.02 Å². The summed E-state index contributed by atoms with van der Waals surface area (Å²) < 4.78 is 20.9. The van der Waals surface area contributed by atoms with Gasteiger partial charge in [-0.25, -0.2) is 9.18 Å². The van der Waals surface area contributed by atoms with Crippen LogP contribution in [0.4, 0.5) is 15.8 Å². The van der Waals surface area contributed by atoms with E-state index in [2.05, 4.69) is 21.2 Å². The first-order chi connectivity index (χ1) is 14.9. The molecule has 0 saturated heterocycles. The summed E-state index contributed by atoms with van der Waals surface area (Å²) >= 11 is 10.9. The average molecular weight is 523 g/mol. The van der Waals surface area contributed by atoms with Gasteiger partial charge in [0.15, 0.2) is 0 Å². The first-order valence-electron chi connectivity index (χ1n) is 9.08. The number of nitrogens with one attached hydrogen (secondary N) is 1. The number of thioether (sulfide) groups is 1. The third kappa shape index (κ3) is 6.26. The second-order valence-corrected chi connectivity index (χ2v) is 8.69. The molecule has 3 rings (SSSR count). The number of carboxylic acid groups (broad SMARTS) is 1. The van der Waals surface area contributed by atoms with Crippen LogP contribution in [0.1, 0.15) is 11.1 Å². The lowest BCUT2D eigenvalue weighted by atomic mass is 10.1. The van der Waals surface area contributed by atoms with Crippen LogP contribution in [0, 0.1) is 5.82 Å². The molecule has 0 bridgehead atoms. The molecule has 3 aromatic carbocycles. The number of carboxylic acids is 1. The summed E-state index contributed by atoms with van der Waals surface area (Å²) in [5.41, 5.74) is 2.48. The first kappa shape index (κ1) is 23.2. The molecule has 0 aliphatic carbocycles. The van der Waals surface area contributed by atoms with Crippen LogP contribution in [0.15, 0.2) is 70.0 Å². The summed E-state index contributed by atoms with van der Waals surface area (Å²) in [6.07, 6.45) is 2.43. The SMILES string of the molecule is COc1cc(Br)c(Cl)cc1Nc1cc(F)c(SCc2ccccc2)cc1C=CC(=O)O. The van der Waals surface area contributed by atoms with Crippen molar-refractivity contribution in [3.63, 3.8) is 0 Å². The summed E-state index contributed by atoms with van der Waals surface area (Å²) in [6, 6.07) is 16.0. The molecule has 4 nitrogen and oxygen atoms in total. The lowest BCUT2D eigenvalue weighted by Gasteiger charge is -2.16. The van der Waals surface area contributed by atoms with Crippen LogP contribution < -0.4 is 10.1 Å². The van der Waals surface area contributed by atoms with Gasteiger partial charge in [0, 0.05) is 26.9 Å². The number of rotatable bonds is 8. The minimum Gasteiger partial charge on any atom is -0.495 e. The lowest BCUT2D eigenvalue weighted by molar-refractivity contribution is -0.131. The number of hydrogen-bond acceptors (Lipinski definition) is 4. The van der Waals surface area contributed by atoms with Gasteiger partial charge in [-0.1, -0.05) is 41.9 Å². The Morgan fingerprint density at radius 1 is 1.23 bits per heavy atom. The average Bonchev–Trinajstić information content (AvgIpc) is 2.75. The largest absolute Gasteiger partial charge is 0.495 e. The van der Waals surface area contributed by atoms with E-state index < -0.39 is 11.8 Å². The van der Waals surface area contributed by atoms with Crippen molar-refractivity contribution in [1.82, 2.24) is 0 Å². The quantitative estimate of drug-likeness (QED) is 0.239. The maximum absolute atomic E-state index is 14.9. The number of halogens is 3. The van der Waals surface area contributed by atoms with Gasteiger partial charge in [-0.2, -0.15) is 0 Å². The van der Waals surface area contributed by atoms with Crippen LogP contribution in [-0.4, -0.2) is 18.2 Å². The molecule has 0 fully saturated rings. The van der Waals surface area contributed by atoms with E-state index in [0.29, 0.717) is 42.8 Å². The van der Waals surface area contributed by atoms with Crippen molar-refractivity contribution in [2.75, 3.05) is 12.4 Å². The van der Waals surface area contributed by atoms with E-state index in [1.165, 1.54) is 31.0 Å². The molecule has 0 aromatic heterocycles. The standard InChI is InChI=1S/C23H18BrClFNO3S/c1-30-21-10-16(24)17(25)11-20(21)27-19-12-18(26)22(9-15(19)7-8-23(28)29)31-13-14-5-3-2-4-6-14/h2-12,27H,13H2,1H3,(H,28,29). The number of ether oxygens (including phenoxy) is 1. The molecule has 8 heteroatoms. The fraction of sp³-hybridized carbons (Fsp3) is 0.0870. The summed E-state index contributed by atoms with van der Waals surface area (Å²) in [5, 5.41) is 12.6. The molecule has 160 valence electrons. The lowest BCUT2D eigenvalue weighted by Crippen LogP contribution is -1.99. The molecule has 3 aromatic rings. The molecule has 0 radical (unpaired) electrons. The van der Waals surface area contributed by atoms with Gasteiger partial charge < -0.3 is 15.2 Å². The predicted molar refractivity (Wildman–Crippen MR) is 128 cm³/mol. The summed E-state index contributed by atoms with van der Waals surface area (Å²) in [7, 11) is 1.51. The number of anilines is 2. The number of carbonyl (C=O) groups is 1. The van der Waals surface area contributed by atoms with Gasteiger partial charge in [0.25, 0.3) is 0 Å². The highest BCUT2D eigenvalue weighted by atomic mass is 79.9. The highest BCUT2D eigenvalue weighted by molar-refractivity contribution is 9.10. The minimum atomic E-state index is -1.10. The maximum atomic E-state index is 14.9. The van der Waals surface area contributed by atoms with E-state index in [0.717, 1.165) is 11.6 Å². The fourth-order valence-corrected chi connectivity index (χ4v) is 4.17. The van der Waals surface area contributed by atoms with Gasteiger partial charge in [0.1, 0.15) is 11.6 Å². The third-order valence-electron chi connectivity index (χ3n) is 4.26. The third-order valence-corrected chi connectivity index (χ3v) is 6.56. The monoisotopic (exact) mass is 521 g/mol. The van der Waals surface area contributed by atoms with E-state index >= 15 is 0 Å². The molecule has 0 aliphatic heterocycles. The highest BCUT2D eigenvalue weighted by Gasteiger charge is 2.14. The normalized spacial score (nSPS) is 11.0. The van der Waals surface area contributed by atoms with Gasteiger partial charge in [-0.15, -0.1) is 11.8 Å². The topological polar surface area (TPSA) is 58.6 Å². The van der Waals surface area contributed by atoms with Gasteiger partial charge >= 0.3 is 5.97 Å². The van der Waals surface area contributed by atoms with Crippen molar-refractivity contribution < 1.29 is 19.0 Å². The van der Waals surface area contributed by atoms with Crippen molar-refractivity contribution in [3.8, 4) is 5.75 Å². The Kier molecular flexibility index (Phi) is 8.01. The molecule has 0 amide bonds. The molecule has 0 heterocycles. The van der Waals surface area contributed by atoms with E-state index in [-0.39, 0.29) is 0 Å². The van der Waals surface area contributed by atoms with Crippen LogP contribution in [-0.2, 0) is 10.5 Å². The summed E-state index contributed by atoms with van der Waals surface area (Å²) in [5.74, 6) is -0.438. The zero-order valence-electron chi connectivity index (χ0n) is 16.4. The molecule has 2 N–H and O–H groups in total. The molecular weight excluding hydrogens is 505 g/mol. The number of methoxy groups -OCH3 is 1. The summed E-state index contributed by atoms with van der Waals surface area (Å²) in [6.45, 7) is 0. The van der Waals surface area contributed by atoms with E-state index in [1.807, 2.05) is 30.3 Å². The Bertz CT molecular complexity index is 1130. The highest BCUT2D eigenvalue weighted by Crippen LogP contribution is 2.38. The predicted octanol–water partition coefficient (Wildman–Crippen LogP) is 7.38. The van der Waals surface area contributed by atoms with E-state index in [1.54, 1.807) is 18.2 Å². The van der Waals surface area contributed by atoms with Gasteiger partial charge in [0.05, 0.1) is 17.8 Å². The van der Waals surface area contributed by atoms with Crippen molar-refractivity contribution in [1.29, 1.82) is 0 Å². The van der Waals surface area contributed by atoms with Gasteiger partial charge in [0.2, 0.25) is 0 Å². The van der Waals surface area contributed by atoms with Crippen LogP contribution in [0.3, 0.4) is 0 Å². The van der Waals surface area contributed by atoms with E-state index in [4.69, 9.17) is 21.4 Å². The maximum Gasteiger partial charge on any atom is 0.328 e. The first-order valence-corrected chi connectivity index (χ1v) is 11.2. The molecular formula is C23H18BrClFNO3S. The second-order valence-electron chi connectivity index (χ2n) is 6.41. The molecule has 0 spiro atoms. The summed E-state index contributed by atoms with van der Waals surface area (Å²) in [4.78, 5) is 11.5. The smallest absolute Gasteiger partial charge is 0.328 e.